The van der Waals surface area contributed by atoms with Crippen LogP contribution in [0.1, 0.15) is 22.3 Å². The second-order valence-electron chi connectivity index (χ2n) is 14.4. The molecule has 258 valence electrons. The van der Waals surface area contributed by atoms with Crippen LogP contribution < -0.4 is 4.90 Å². The number of hydrogen-bond acceptors (Lipinski definition) is 2. The van der Waals surface area contributed by atoms with Crippen LogP contribution in [-0.2, 0) is 5.41 Å². The van der Waals surface area contributed by atoms with Gasteiger partial charge in [0.25, 0.3) is 0 Å². The van der Waals surface area contributed by atoms with E-state index < -0.39 is 5.41 Å². The van der Waals surface area contributed by atoms with Gasteiger partial charge in [-0.15, -0.1) is 0 Å². The summed E-state index contributed by atoms with van der Waals surface area (Å²) in [5, 5.41) is 4.42. The number of furan rings is 1. The number of hydrogen-bond donors (Lipinski definition) is 0. The zero-order chi connectivity index (χ0) is 36.3. The van der Waals surface area contributed by atoms with E-state index in [2.05, 4.69) is 217 Å². The van der Waals surface area contributed by atoms with Crippen molar-refractivity contribution in [1.29, 1.82) is 0 Å². The minimum absolute atomic E-state index is 0.507. The Morgan fingerprint density at radius 2 is 0.964 bits per heavy atom. The topological polar surface area (TPSA) is 16.4 Å². The van der Waals surface area contributed by atoms with Gasteiger partial charge in [0.2, 0.25) is 0 Å². The second-order valence-corrected chi connectivity index (χ2v) is 14.4. The predicted octanol–water partition coefficient (Wildman–Crippen LogP) is 14.2. The minimum atomic E-state index is -0.507. The van der Waals surface area contributed by atoms with E-state index in [1.807, 2.05) is 0 Å². The molecule has 0 amide bonds. The van der Waals surface area contributed by atoms with E-state index in [1.165, 1.54) is 44.5 Å². The molecule has 0 aliphatic heterocycles. The van der Waals surface area contributed by atoms with Gasteiger partial charge in [0.05, 0.1) is 11.1 Å². The van der Waals surface area contributed by atoms with Crippen molar-refractivity contribution in [3.05, 3.63) is 235 Å². The summed E-state index contributed by atoms with van der Waals surface area (Å²) in [5.41, 5.74) is 14.5. The summed E-state index contributed by atoms with van der Waals surface area (Å²) in [4.78, 5) is 2.44. The van der Waals surface area contributed by atoms with Gasteiger partial charge in [-0.3, -0.25) is 0 Å². The van der Waals surface area contributed by atoms with Crippen LogP contribution in [0.25, 0.3) is 55.0 Å². The molecule has 1 aromatic heterocycles. The molecule has 2 heteroatoms. The fraction of sp³-hybridized carbons (Fsp3) is 0.0189. The highest BCUT2D eigenvalue weighted by molar-refractivity contribution is 6.20. The highest BCUT2D eigenvalue weighted by Crippen LogP contribution is 2.57. The van der Waals surface area contributed by atoms with Gasteiger partial charge in [0.1, 0.15) is 11.2 Å². The van der Waals surface area contributed by atoms with Crippen molar-refractivity contribution in [2.45, 2.75) is 5.41 Å². The number of nitrogens with zero attached hydrogens (tertiary/aromatic N) is 1. The summed E-state index contributed by atoms with van der Waals surface area (Å²) < 4.78 is 6.71. The van der Waals surface area contributed by atoms with E-state index in [0.29, 0.717) is 0 Å². The van der Waals surface area contributed by atoms with Gasteiger partial charge in [-0.1, -0.05) is 170 Å². The first kappa shape index (κ1) is 31.4. The summed E-state index contributed by atoms with van der Waals surface area (Å²) in [5.74, 6) is 0. The Kier molecular flexibility index (Phi) is 7.11. The molecule has 10 aromatic rings. The molecule has 0 bridgehead atoms. The molecule has 0 unspecified atom stereocenters. The first-order valence-electron chi connectivity index (χ1n) is 18.9. The highest BCUT2D eigenvalue weighted by atomic mass is 16.3. The van der Waals surface area contributed by atoms with Gasteiger partial charge in [-0.05, 0) is 87.0 Å². The Hall–Kier alpha value is -7.16. The lowest BCUT2D eigenvalue weighted by molar-refractivity contribution is 0.672. The number of rotatable bonds is 6. The smallest absolute Gasteiger partial charge is 0.143 e. The lowest BCUT2D eigenvalue weighted by atomic mass is 9.67. The molecular formula is C53H35NO. The average Bonchev–Trinajstić information content (AvgIpc) is 3.78. The van der Waals surface area contributed by atoms with Crippen LogP contribution in [0.15, 0.2) is 217 Å². The second kappa shape index (κ2) is 12.5. The van der Waals surface area contributed by atoms with Gasteiger partial charge in [0, 0.05) is 32.9 Å². The minimum Gasteiger partial charge on any atom is -0.455 e. The molecule has 0 atom stereocenters. The maximum Gasteiger partial charge on any atom is 0.143 e. The van der Waals surface area contributed by atoms with Crippen molar-refractivity contribution in [3.8, 4) is 22.3 Å². The fourth-order valence-corrected chi connectivity index (χ4v) is 9.15. The molecule has 11 rings (SSSR count). The van der Waals surface area contributed by atoms with Crippen LogP contribution in [0.3, 0.4) is 0 Å². The summed E-state index contributed by atoms with van der Waals surface area (Å²) >= 11 is 0. The summed E-state index contributed by atoms with van der Waals surface area (Å²) in [6, 6.07) is 77.0. The van der Waals surface area contributed by atoms with Crippen LogP contribution >= 0.6 is 0 Å². The summed E-state index contributed by atoms with van der Waals surface area (Å²) in [6.45, 7) is 0. The average molecular weight is 702 g/mol. The third kappa shape index (κ3) is 4.75. The van der Waals surface area contributed by atoms with Crippen molar-refractivity contribution in [2.24, 2.45) is 0 Å². The first-order valence-corrected chi connectivity index (χ1v) is 18.9. The fourth-order valence-electron chi connectivity index (χ4n) is 9.15. The van der Waals surface area contributed by atoms with Crippen LogP contribution in [0.5, 0.6) is 0 Å². The van der Waals surface area contributed by atoms with E-state index in [0.717, 1.165) is 49.8 Å². The first-order chi connectivity index (χ1) is 27.3. The van der Waals surface area contributed by atoms with Crippen LogP contribution in [0, 0.1) is 0 Å². The molecule has 9 aromatic carbocycles. The molecule has 0 saturated heterocycles. The van der Waals surface area contributed by atoms with Gasteiger partial charge >= 0.3 is 0 Å². The molecular weight excluding hydrogens is 667 g/mol. The van der Waals surface area contributed by atoms with E-state index >= 15 is 0 Å². The van der Waals surface area contributed by atoms with E-state index in [-0.39, 0.29) is 0 Å². The van der Waals surface area contributed by atoms with Gasteiger partial charge in [-0.2, -0.15) is 0 Å². The number of anilines is 3. The summed E-state index contributed by atoms with van der Waals surface area (Å²) in [6.07, 6.45) is 0. The molecule has 1 aliphatic carbocycles. The van der Waals surface area contributed by atoms with Crippen molar-refractivity contribution < 1.29 is 4.42 Å². The van der Waals surface area contributed by atoms with E-state index in [9.17, 15) is 0 Å². The standard InChI is InChI=1S/C53H35NO/c1-5-17-36(18-6-1)37-29-32-51-46(33-37)47-35-50(44-26-13-14-27-45(44)52(47)55-51)54(40-23-11-4-12-24-40)41-30-31-43-42-25-15-16-28-48(42)53(49(43)34-41,38-19-7-2-8-20-38)39-21-9-3-10-22-39/h1-35H. The van der Waals surface area contributed by atoms with Crippen LogP contribution in [0.2, 0.25) is 0 Å². The zero-order valence-electron chi connectivity index (χ0n) is 30.1. The molecule has 0 fully saturated rings. The molecule has 1 aliphatic rings. The van der Waals surface area contributed by atoms with Crippen molar-refractivity contribution in [2.75, 3.05) is 4.90 Å². The Morgan fingerprint density at radius 3 is 1.69 bits per heavy atom. The third-order valence-corrected chi connectivity index (χ3v) is 11.5. The lowest BCUT2D eigenvalue weighted by Gasteiger charge is -2.35. The van der Waals surface area contributed by atoms with E-state index in [1.54, 1.807) is 0 Å². The lowest BCUT2D eigenvalue weighted by Crippen LogP contribution is -2.28. The highest BCUT2D eigenvalue weighted by Gasteiger charge is 2.46. The monoisotopic (exact) mass is 701 g/mol. The zero-order valence-corrected chi connectivity index (χ0v) is 30.1. The molecule has 0 saturated carbocycles. The Morgan fingerprint density at radius 1 is 0.364 bits per heavy atom. The number of benzene rings is 9. The Labute approximate surface area is 320 Å². The predicted molar refractivity (Wildman–Crippen MR) is 229 cm³/mol. The SMILES string of the molecule is c1ccc(-c2ccc3oc4c5ccccc5c(N(c5ccccc5)c5ccc6c(c5)C(c5ccccc5)(c5ccccc5)c5ccccc5-6)cc4c3c2)cc1. The molecule has 1 heterocycles. The Balaban J connectivity index is 1.21. The largest absolute Gasteiger partial charge is 0.455 e. The molecule has 0 radical (unpaired) electrons. The van der Waals surface area contributed by atoms with E-state index in [4.69, 9.17) is 4.42 Å². The van der Waals surface area contributed by atoms with Crippen molar-refractivity contribution >= 4 is 49.8 Å². The van der Waals surface area contributed by atoms with Crippen molar-refractivity contribution in [3.63, 3.8) is 0 Å². The maximum atomic E-state index is 6.71. The molecule has 0 spiro atoms. The number of fused-ring (bicyclic) bond motifs is 8. The summed E-state index contributed by atoms with van der Waals surface area (Å²) in [7, 11) is 0. The maximum absolute atomic E-state index is 6.71. The quantitative estimate of drug-likeness (QED) is 0.172. The van der Waals surface area contributed by atoms with Gasteiger partial charge in [-0.25, -0.2) is 0 Å². The Bertz CT molecular complexity index is 2980. The van der Waals surface area contributed by atoms with Gasteiger partial charge in [0.15, 0.2) is 0 Å². The number of para-hydroxylation sites is 1. The normalized spacial score (nSPS) is 12.9. The van der Waals surface area contributed by atoms with Crippen molar-refractivity contribution in [1.82, 2.24) is 0 Å². The van der Waals surface area contributed by atoms with Crippen LogP contribution in [0.4, 0.5) is 17.1 Å². The molecule has 0 N–H and O–H groups in total. The van der Waals surface area contributed by atoms with Gasteiger partial charge < -0.3 is 9.32 Å². The molecule has 55 heavy (non-hydrogen) atoms. The molecule has 2 nitrogen and oxygen atoms in total. The van der Waals surface area contributed by atoms with Crippen LogP contribution in [-0.4, -0.2) is 0 Å². The third-order valence-electron chi connectivity index (χ3n) is 11.5.